The average molecular weight is 302 g/mol. The number of hydrogen-bond donors (Lipinski definition) is 1. The summed E-state index contributed by atoms with van der Waals surface area (Å²) in [4.78, 5) is 9.23. The zero-order valence-corrected chi connectivity index (χ0v) is 12.8. The van der Waals surface area contributed by atoms with Crippen LogP contribution in [-0.4, -0.2) is 27.7 Å². The number of pyridine rings is 1. The topological polar surface area (TPSA) is 66.0 Å². The number of ether oxygens (including phenoxy) is 1. The van der Waals surface area contributed by atoms with Crippen molar-refractivity contribution < 1.29 is 4.74 Å². The quantitative estimate of drug-likeness (QED) is 0.790. The fourth-order valence-electron chi connectivity index (χ4n) is 3.11. The molecular weight excluding hydrogens is 284 g/mol. The van der Waals surface area contributed by atoms with E-state index >= 15 is 0 Å². The van der Waals surface area contributed by atoms with Gasteiger partial charge in [0.15, 0.2) is 0 Å². The van der Waals surface area contributed by atoms with Gasteiger partial charge in [0.1, 0.15) is 11.3 Å². The molecule has 5 nitrogen and oxygen atoms in total. The predicted molar refractivity (Wildman–Crippen MR) is 84.6 cm³/mol. The Labute approximate surface area is 126 Å². The van der Waals surface area contributed by atoms with Gasteiger partial charge < -0.3 is 15.0 Å². The molecule has 0 aromatic carbocycles. The maximum Gasteiger partial charge on any atom is 0.127 e. The summed E-state index contributed by atoms with van der Waals surface area (Å²) in [6.07, 6.45) is 4.05. The second-order valence-corrected chi connectivity index (χ2v) is 6.54. The standard InChI is InChI=1S/C15H18N4OS/c1-9(16)15-18-12-7-17-11-4-6-21-14(11)13(12)19(15)10-3-2-5-20-8-10/h4,6-7,9-10H,2-3,5,8,16H2,1H3. The van der Waals surface area contributed by atoms with Crippen LogP contribution in [0.3, 0.4) is 0 Å². The Balaban J connectivity index is 2.03. The lowest BCUT2D eigenvalue weighted by Crippen LogP contribution is -2.25. The number of aromatic nitrogens is 3. The molecule has 2 unspecified atom stereocenters. The van der Waals surface area contributed by atoms with Crippen LogP contribution in [0.4, 0.5) is 0 Å². The highest BCUT2D eigenvalue weighted by Crippen LogP contribution is 2.34. The van der Waals surface area contributed by atoms with Crippen LogP contribution in [-0.2, 0) is 4.74 Å². The molecule has 0 spiro atoms. The number of thiophene rings is 1. The molecule has 1 aliphatic rings. The Bertz CT molecular complexity index is 786. The summed E-state index contributed by atoms with van der Waals surface area (Å²) in [5, 5.41) is 2.08. The van der Waals surface area contributed by atoms with Gasteiger partial charge in [-0.05, 0) is 31.2 Å². The Kier molecular flexibility index (Phi) is 3.17. The van der Waals surface area contributed by atoms with E-state index in [1.165, 1.54) is 4.70 Å². The number of hydrogen-bond acceptors (Lipinski definition) is 5. The first-order valence-corrected chi connectivity index (χ1v) is 8.21. The molecule has 1 fully saturated rings. The summed E-state index contributed by atoms with van der Waals surface area (Å²) in [6.45, 7) is 3.58. The molecule has 3 aromatic heterocycles. The van der Waals surface area contributed by atoms with E-state index in [0.29, 0.717) is 6.04 Å². The molecule has 0 amide bonds. The van der Waals surface area contributed by atoms with E-state index < -0.39 is 0 Å². The molecule has 1 saturated heterocycles. The maximum atomic E-state index is 6.16. The van der Waals surface area contributed by atoms with Gasteiger partial charge in [0.05, 0.1) is 40.6 Å². The largest absolute Gasteiger partial charge is 0.379 e. The van der Waals surface area contributed by atoms with Crippen molar-refractivity contribution in [3.63, 3.8) is 0 Å². The minimum absolute atomic E-state index is 0.102. The highest BCUT2D eigenvalue weighted by atomic mass is 32.1. The van der Waals surface area contributed by atoms with Crippen molar-refractivity contribution in [2.24, 2.45) is 5.73 Å². The monoisotopic (exact) mass is 302 g/mol. The number of nitrogens with zero attached hydrogens (tertiary/aromatic N) is 3. The second kappa shape index (κ2) is 5.05. The molecule has 1 aliphatic heterocycles. The highest BCUT2D eigenvalue weighted by molar-refractivity contribution is 7.18. The summed E-state index contributed by atoms with van der Waals surface area (Å²) in [7, 11) is 0. The van der Waals surface area contributed by atoms with Crippen LogP contribution in [0.2, 0.25) is 0 Å². The first kappa shape index (κ1) is 13.2. The van der Waals surface area contributed by atoms with Crippen LogP contribution in [0, 0.1) is 0 Å². The Morgan fingerprint density at radius 3 is 3.14 bits per heavy atom. The van der Waals surface area contributed by atoms with Crippen LogP contribution in [0.1, 0.15) is 37.7 Å². The Morgan fingerprint density at radius 1 is 1.48 bits per heavy atom. The molecule has 3 aromatic rings. The predicted octanol–water partition coefficient (Wildman–Crippen LogP) is 3.02. The van der Waals surface area contributed by atoms with E-state index in [9.17, 15) is 0 Å². The molecule has 0 saturated carbocycles. The third-order valence-electron chi connectivity index (χ3n) is 4.06. The van der Waals surface area contributed by atoms with Crippen molar-refractivity contribution >= 4 is 32.6 Å². The SMILES string of the molecule is CC(N)c1nc2cnc3ccsc3c2n1C1CCCOC1. The van der Waals surface area contributed by atoms with Gasteiger partial charge in [0.2, 0.25) is 0 Å². The summed E-state index contributed by atoms with van der Waals surface area (Å²) < 4.78 is 9.18. The fraction of sp³-hybridized carbons (Fsp3) is 0.467. The van der Waals surface area contributed by atoms with Gasteiger partial charge in [-0.15, -0.1) is 11.3 Å². The van der Waals surface area contributed by atoms with Crippen molar-refractivity contribution in [3.05, 3.63) is 23.5 Å². The van der Waals surface area contributed by atoms with Gasteiger partial charge in [-0.25, -0.2) is 4.98 Å². The van der Waals surface area contributed by atoms with Crippen LogP contribution in [0.5, 0.6) is 0 Å². The number of imidazole rings is 1. The lowest BCUT2D eigenvalue weighted by Gasteiger charge is -2.26. The minimum Gasteiger partial charge on any atom is -0.379 e. The van der Waals surface area contributed by atoms with Crippen LogP contribution in [0.25, 0.3) is 21.3 Å². The molecule has 0 bridgehead atoms. The van der Waals surface area contributed by atoms with E-state index in [1.807, 2.05) is 13.1 Å². The molecule has 2 N–H and O–H groups in total. The number of nitrogens with two attached hydrogens (primary N) is 1. The first-order chi connectivity index (χ1) is 10.3. The van der Waals surface area contributed by atoms with E-state index in [1.54, 1.807) is 11.3 Å². The van der Waals surface area contributed by atoms with Gasteiger partial charge in [0.25, 0.3) is 0 Å². The minimum atomic E-state index is -0.102. The van der Waals surface area contributed by atoms with Gasteiger partial charge in [-0.3, -0.25) is 4.98 Å². The molecule has 110 valence electrons. The summed E-state index contributed by atoms with van der Waals surface area (Å²) in [5.74, 6) is 0.934. The molecule has 0 radical (unpaired) electrons. The van der Waals surface area contributed by atoms with Crippen LogP contribution in [0.15, 0.2) is 17.6 Å². The zero-order valence-electron chi connectivity index (χ0n) is 12.0. The van der Waals surface area contributed by atoms with E-state index in [0.717, 1.165) is 48.4 Å². The van der Waals surface area contributed by atoms with Crippen molar-refractivity contribution in [2.45, 2.75) is 31.8 Å². The normalized spacial score (nSPS) is 21.1. The third kappa shape index (κ3) is 2.06. The van der Waals surface area contributed by atoms with Crippen molar-refractivity contribution in [1.29, 1.82) is 0 Å². The van der Waals surface area contributed by atoms with E-state index in [-0.39, 0.29) is 6.04 Å². The zero-order chi connectivity index (χ0) is 14.4. The van der Waals surface area contributed by atoms with Crippen molar-refractivity contribution in [1.82, 2.24) is 14.5 Å². The smallest absolute Gasteiger partial charge is 0.127 e. The van der Waals surface area contributed by atoms with E-state index in [2.05, 4.69) is 21.0 Å². The number of fused-ring (bicyclic) bond motifs is 3. The van der Waals surface area contributed by atoms with Crippen LogP contribution < -0.4 is 5.73 Å². The number of rotatable bonds is 2. The average Bonchev–Trinajstić information content (AvgIpc) is 3.11. The molecule has 21 heavy (non-hydrogen) atoms. The lowest BCUT2D eigenvalue weighted by molar-refractivity contribution is 0.0593. The highest BCUT2D eigenvalue weighted by Gasteiger charge is 2.25. The summed E-state index contributed by atoms with van der Waals surface area (Å²) >= 11 is 1.72. The summed E-state index contributed by atoms with van der Waals surface area (Å²) in [6, 6.07) is 2.27. The summed E-state index contributed by atoms with van der Waals surface area (Å²) in [5.41, 5.74) is 9.29. The van der Waals surface area contributed by atoms with Crippen LogP contribution >= 0.6 is 11.3 Å². The molecule has 6 heteroatoms. The van der Waals surface area contributed by atoms with Gasteiger partial charge >= 0.3 is 0 Å². The van der Waals surface area contributed by atoms with Gasteiger partial charge in [-0.2, -0.15) is 0 Å². The molecule has 4 rings (SSSR count). The molecule has 2 atom stereocenters. The van der Waals surface area contributed by atoms with Gasteiger partial charge in [0, 0.05) is 6.61 Å². The fourth-order valence-corrected chi connectivity index (χ4v) is 4.00. The Morgan fingerprint density at radius 2 is 2.38 bits per heavy atom. The Hall–Kier alpha value is -1.50. The van der Waals surface area contributed by atoms with E-state index in [4.69, 9.17) is 15.5 Å². The maximum absolute atomic E-state index is 6.16. The lowest BCUT2D eigenvalue weighted by atomic mass is 10.1. The first-order valence-electron chi connectivity index (χ1n) is 7.33. The molecular formula is C15H18N4OS. The molecule has 0 aliphatic carbocycles. The van der Waals surface area contributed by atoms with Gasteiger partial charge in [-0.1, -0.05) is 0 Å². The van der Waals surface area contributed by atoms with Crippen molar-refractivity contribution in [2.75, 3.05) is 13.2 Å². The second-order valence-electron chi connectivity index (χ2n) is 5.63. The molecule has 4 heterocycles. The third-order valence-corrected chi connectivity index (χ3v) is 4.97. The van der Waals surface area contributed by atoms with Crippen molar-refractivity contribution in [3.8, 4) is 0 Å².